The lowest BCUT2D eigenvalue weighted by Gasteiger charge is -2.38. The van der Waals surface area contributed by atoms with Crippen molar-refractivity contribution in [3.8, 4) is 0 Å². The van der Waals surface area contributed by atoms with E-state index in [2.05, 4.69) is 0 Å². The van der Waals surface area contributed by atoms with Gasteiger partial charge in [-0.2, -0.15) is 0 Å². The highest BCUT2D eigenvalue weighted by Gasteiger charge is 2.39. The average molecular weight is 347 g/mol. The molecule has 0 spiro atoms. The van der Waals surface area contributed by atoms with Gasteiger partial charge in [-0.15, -0.1) is 12.4 Å². The van der Waals surface area contributed by atoms with E-state index in [1.165, 1.54) is 0 Å². The maximum atomic E-state index is 12.5. The molecule has 1 aliphatic heterocycles. The number of hydrogen-bond donors (Lipinski definition) is 1. The molecule has 1 amide bonds. The number of amides is 1. The molecule has 22 heavy (non-hydrogen) atoms. The van der Waals surface area contributed by atoms with Gasteiger partial charge in [-0.05, 0) is 25.8 Å². The van der Waals surface area contributed by atoms with Gasteiger partial charge in [0.2, 0.25) is 5.91 Å². The first-order chi connectivity index (χ1) is 9.83. The van der Waals surface area contributed by atoms with Gasteiger partial charge in [0.25, 0.3) is 0 Å². The van der Waals surface area contributed by atoms with Crippen LogP contribution in [0.3, 0.4) is 0 Å². The van der Waals surface area contributed by atoms with Crippen LogP contribution in [0.2, 0.25) is 0 Å². The number of sulfone groups is 1. The number of halogens is 1. The van der Waals surface area contributed by atoms with E-state index in [0.29, 0.717) is 6.42 Å². The Morgan fingerprint density at radius 2 is 1.91 bits per heavy atom. The number of benzene rings is 1. The number of hydrogen-bond acceptors (Lipinski definition) is 4. The number of carbonyl (C=O) groups excluding carboxylic acids is 1. The summed E-state index contributed by atoms with van der Waals surface area (Å²) in [6.07, 6.45) is 0.462. The summed E-state index contributed by atoms with van der Waals surface area (Å²) >= 11 is 0. The van der Waals surface area contributed by atoms with Crippen molar-refractivity contribution in [3.63, 3.8) is 0 Å². The van der Waals surface area contributed by atoms with E-state index in [0.717, 1.165) is 5.56 Å². The molecule has 1 aromatic carbocycles. The fraction of sp³-hybridized carbons (Fsp3) is 0.533. The maximum absolute atomic E-state index is 12.5. The van der Waals surface area contributed by atoms with Gasteiger partial charge < -0.3 is 10.6 Å². The average Bonchev–Trinajstić information content (AvgIpc) is 2.45. The number of carbonyl (C=O) groups is 1. The normalized spacial score (nSPS) is 25.1. The molecule has 0 aromatic heterocycles. The molecule has 0 radical (unpaired) electrons. The molecule has 1 aromatic rings. The van der Waals surface area contributed by atoms with E-state index in [9.17, 15) is 13.2 Å². The first kappa shape index (κ1) is 18.9. The van der Waals surface area contributed by atoms with Crippen LogP contribution in [0.5, 0.6) is 0 Å². The smallest absolute Gasteiger partial charge is 0.240 e. The summed E-state index contributed by atoms with van der Waals surface area (Å²) in [5.41, 5.74) is 7.02. The van der Waals surface area contributed by atoms with Crippen molar-refractivity contribution >= 4 is 28.2 Å². The molecule has 1 fully saturated rings. The highest BCUT2D eigenvalue weighted by molar-refractivity contribution is 7.92. The summed E-state index contributed by atoms with van der Waals surface area (Å²) in [5.74, 6) is -0.157. The number of rotatable bonds is 3. The van der Waals surface area contributed by atoms with Gasteiger partial charge in [-0.1, -0.05) is 30.3 Å². The third kappa shape index (κ3) is 4.00. The van der Waals surface area contributed by atoms with Gasteiger partial charge in [-0.25, -0.2) is 8.42 Å². The lowest BCUT2D eigenvalue weighted by molar-refractivity contribution is -0.134. The number of nitrogens with zero attached hydrogens (tertiary/aromatic N) is 1. The Hall–Kier alpha value is -1.11. The quantitative estimate of drug-likeness (QED) is 0.885. The molecule has 1 saturated heterocycles. The molecule has 0 bridgehead atoms. The zero-order chi connectivity index (χ0) is 15.6. The Balaban J connectivity index is 0.00000242. The van der Waals surface area contributed by atoms with Gasteiger partial charge >= 0.3 is 0 Å². The van der Waals surface area contributed by atoms with Crippen LogP contribution in [0.4, 0.5) is 0 Å². The van der Waals surface area contributed by atoms with Gasteiger partial charge in [0.05, 0.1) is 17.0 Å². The SMILES string of the molecule is CC1C(C)S(=O)(=O)CCN1C(=O)[C@@H](N)Cc1ccccc1.Cl. The molecule has 3 atom stereocenters. The lowest BCUT2D eigenvalue weighted by atomic mass is 10.0. The van der Waals surface area contributed by atoms with Crippen molar-refractivity contribution < 1.29 is 13.2 Å². The summed E-state index contributed by atoms with van der Waals surface area (Å²) in [4.78, 5) is 14.1. The lowest BCUT2D eigenvalue weighted by Crippen LogP contribution is -2.58. The van der Waals surface area contributed by atoms with Crippen molar-refractivity contribution in [2.24, 2.45) is 5.73 Å². The molecule has 2 N–H and O–H groups in total. The van der Waals surface area contributed by atoms with E-state index in [1.807, 2.05) is 30.3 Å². The molecular formula is C15H23ClN2O3S. The molecule has 2 unspecified atom stereocenters. The van der Waals surface area contributed by atoms with Crippen molar-refractivity contribution in [2.45, 2.75) is 37.6 Å². The van der Waals surface area contributed by atoms with Crippen LogP contribution in [-0.4, -0.2) is 48.9 Å². The van der Waals surface area contributed by atoms with Gasteiger partial charge in [0, 0.05) is 12.6 Å². The monoisotopic (exact) mass is 346 g/mol. The van der Waals surface area contributed by atoms with Crippen LogP contribution in [0.25, 0.3) is 0 Å². The Morgan fingerprint density at radius 3 is 2.50 bits per heavy atom. The van der Waals surface area contributed by atoms with Gasteiger partial charge in [0.1, 0.15) is 0 Å². The molecule has 1 heterocycles. The molecule has 2 rings (SSSR count). The van der Waals surface area contributed by atoms with Crippen molar-refractivity contribution in [1.29, 1.82) is 0 Å². The molecule has 124 valence electrons. The Bertz CT molecular complexity index is 606. The minimum atomic E-state index is -3.10. The van der Waals surface area contributed by atoms with E-state index < -0.39 is 21.1 Å². The third-order valence-electron chi connectivity index (χ3n) is 4.25. The minimum Gasteiger partial charge on any atom is -0.336 e. The summed E-state index contributed by atoms with van der Waals surface area (Å²) in [6.45, 7) is 3.66. The van der Waals surface area contributed by atoms with Crippen LogP contribution in [0, 0.1) is 0 Å². The van der Waals surface area contributed by atoms with E-state index in [4.69, 9.17) is 5.73 Å². The molecule has 7 heteroatoms. The summed E-state index contributed by atoms with van der Waals surface area (Å²) in [5, 5.41) is -0.542. The second kappa shape index (κ2) is 7.44. The first-order valence-electron chi connectivity index (χ1n) is 7.14. The van der Waals surface area contributed by atoms with E-state index >= 15 is 0 Å². The van der Waals surface area contributed by atoms with Crippen LogP contribution in [0.15, 0.2) is 30.3 Å². The summed E-state index contributed by atoms with van der Waals surface area (Å²) in [6, 6.07) is 8.62. The fourth-order valence-electron chi connectivity index (χ4n) is 2.65. The second-order valence-electron chi connectivity index (χ2n) is 5.64. The van der Waals surface area contributed by atoms with Gasteiger partial charge in [0.15, 0.2) is 9.84 Å². The number of nitrogens with two attached hydrogens (primary N) is 1. The molecule has 0 saturated carbocycles. The predicted molar refractivity (Wildman–Crippen MR) is 89.8 cm³/mol. The molecule has 0 aliphatic carbocycles. The Labute approximate surface area is 138 Å². The standard InChI is InChI=1S/C15H22N2O3S.ClH/c1-11-12(2)21(19,20)9-8-17(11)15(18)14(16)10-13-6-4-3-5-7-13;/h3-7,11-12,14H,8-10,16H2,1-2H3;1H/t11?,12?,14-;/m0./s1. The van der Waals surface area contributed by atoms with Crippen LogP contribution in [0.1, 0.15) is 19.4 Å². The topological polar surface area (TPSA) is 80.5 Å². The van der Waals surface area contributed by atoms with E-state index in [1.54, 1.807) is 18.7 Å². The third-order valence-corrected chi connectivity index (χ3v) is 6.53. The molecule has 1 aliphatic rings. The zero-order valence-electron chi connectivity index (χ0n) is 12.8. The highest BCUT2D eigenvalue weighted by Crippen LogP contribution is 2.20. The second-order valence-corrected chi connectivity index (χ2v) is 8.12. The minimum absolute atomic E-state index is 0. The van der Waals surface area contributed by atoms with Crippen molar-refractivity contribution in [2.75, 3.05) is 12.3 Å². The maximum Gasteiger partial charge on any atom is 0.240 e. The fourth-order valence-corrected chi connectivity index (χ4v) is 4.22. The Kier molecular flexibility index (Phi) is 6.40. The largest absolute Gasteiger partial charge is 0.336 e. The van der Waals surface area contributed by atoms with Crippen molar-refractivity contribution in [3.05, 3.63) is 35.9 Å². The summed E-state index contributed by atoms with van der Waals surface area (Å²) in [7, 11) is -3.10. The highest BCUT2D eigenvalue weighted by atomic mass is 35.5. The van der Waals surface area contributed by atoms with Crippen LogP contribution in [-0.2, 0) is 21.1 Å². The molecule has 5 nitrogen and oxygen atoms in total. The van der Waals surface area contributed by atoms with Gasteiger partial charge in [-0.3, -0.25) is 4.79 Å². The van der Waals surface area contributed by atoms with E-state index in [-0.39, 0.29) is 36.7 Å². The molecular weight excluding hydrogens is 324 g/mol. The summed E-state index contributed by atoms with van der Waals surface area (Å²) < 4.78 is 23.7. The predicted octanol–water partition coefficient (Wildman–Crippen LogP) is 1.01. The zero-order valence-corrected chi connectivity index (χ0v) is 14.4. The van der Waals surface area contributed by atoms with Crippen LogP contribution < -0.4 is 5.73 Å². The Morgan fingerprint density at radius 1 is 1.32 bits per heavy atom. The van der Waals surface area contributed by atoms with Crippen molar-refractivity contribution in [1.82, 2.24) is 4.90 Å². The first-order valence-corrected chi connectivity index (χ1v) is 8.86. The van der Waals surface area contributed by atoms with Crippen LogP contribution >= 0.6 is 12.4 Å².